The van der Waals surface area contributed by atoms with Gasteiger partial charge in [0.15, 0.2) is 0 Å². The second-order valence-corrected chi connectivity index (χ2v) is 5.72. The fourth-order valence-corrected chi connectivity index (χ4v) is 2.86. The molecule has 0 bridgehead atoms. The summed E-state index contributed by atoms with van der Waals surface area (Å²) in [7, 11) is 1.30. The van der Waals surface area contributed by atoms with E-state index in [1.54, 1.807) is 12.1 Å². The van der Waals surface area contributed by atoms with E-state index in [0.717, 1.165) is 25.7 Å². The molecule has 0 aliphatic carbocycles. The van der Waals surface area contributed by atoms with E-state index in [2.05, 4.69) is 18.6 Å². The van der Waals surface area contributed by atoms with Gasteiger partial charge in [-0.1, -0.05) is 44.9 Å². The van der Waals surface area contributed by atoms with E-state index in [-0.39, 0.29) is 5.97 Å². The molecule has 0 aliphatic rings. The third kappa shape index (κ3) is 7.02. The van der Waals surface area contributed by atoms with Crippen molar-refractivity contribution in [2.75, 3.05) is 20.3 Å². The zero-order chi connectivity index (χ0) is 17.8. The number of rotatable bonds is 10. The van der Waals surface area contributed by atoms with Crippen LogP contribution in [0.5, 0.6) is 0 Å². The summed E-state index contributed by atoms with van der Waals surface area (Å²) >= 11 is 0. The molecule has 134 valence electrons. The standard InChI is InChI=1S/C19H28O5/c1-4-15(16(5-2)12-14-24-19(21)22-3)11-13-23-18(20)17-9-7-6-8-10-17/h6-10,15-16H,4-5,11-14H2,1-3H3. The Balaban J connectivity index is 2.38. The largest absolute Gasteiger partial charge is 0.507 e. The van der Waals surface area contributed by atoms with Gasteiger partial charge in [0, 0.05) is 0 Å². The van der Waals surface area contributed by atoms with Gasteiger partial charge in [-0.05, 0) is 36.8 Å². The van der Waals surface area contributed by atoms with Gasteiger partial charge in [0.05, 0.1) is 25.9 Å². The van der Waals surface area contributed by atoms with Crippen LogP contribution in [0.15, 0.2) is 30.3 Å². The van der Waals surface area contributed by atoms with Crippen molar-refractivity contribution < 1.29 is 23.8 Å². The van der Waals surface area contributed by atoms with Crippen LogP contribution in [-0.2, 0) is 14.2 Å². The fraction of sp³-hybridized carbons (Fsp3) is 0.579. The van der Waals surface area contributed by atoms with E-state index in [4.69, 9.17) is 9.47 Å². The molecule has 0 saturated heterocycles. The van der Waals surface area contributed by atoms with Crippen molar-refractivity contribution in [1.82, 2.24) is 0 Å². The third-order valence-electron chi connectivity index (χ3n) is 4.32. The second kappa shape index (κ2) is 11.5. The van der Waals surface area contributed by atoms with E-state index in [1.807, 2.05) is 18.2 Å². The van der Waals surface area contributed by atoms with Crippen LogP contribution >= 0.6 is 0 Å². The molecule has 0 saturated carbocycles. The van der Waals surface area contributed by atoms with Crippen molar-refractivity contribution in [3.8, 4) is 0 Å². The summed E-state index contributed by atoms with van der Waals surface area (Å²) in [5.41, 5.74) is 0.573. The van der Waals surface area contributed by atoms with Crippen LogP contribution in [0.4, 0.5) is 4.79 Å². The lowest BCUT2D eigenvalue weighted by Crippen LogP contribution is -2.19. The monoisotopic (exact) mass is 336 g/mol. The summed E-state index contributed by atoms with van der Waals surface area (Å²) in [6.45, 7) is 5.01. The minimum atomic E-state index is -0.644. The number of carbonyl (C=O) groups is 2. The second-order valence-electron chi connectivity index (χ2n) is 5.72. The Morgan fingerprint density at radius 2 is 1.46 bits per heavy atom. The minimum absolute atomic E-state index is 0.285. The smallest absolute Gasteiger partial charge is 0.462 e. The third-order valence-corrected chi connectivity index (χ3v) is 4.32. The number of carbonyl (C=O) groups excluding carboxylic acids is 2. The summed E-state index contributed by atoms with van der Waals surface area (Å²) in [6, 6.07) is 9.00. The summed E-state index contributed by atoms with van der Waals surface area (Å²) < 4.78 is 14.8. The Bertz CT molecular complexity index is 486. The van der Waals surface area contributed by atoms with Crippen LogP contribution in [0, 0.1) is 11.8 Å². The number of esters is 1. The molecule has 1 rings (SSSR count). The number of hydrogen-bond donors (Lipinski definition) is 0. The van der Waals surface area contributed by atoms with Gasteiger partial charge in [-0.25, -0.2) is 9.59 Å². The van der Waals surface area contributed by atoms with Crippen molar-refractivity contribution in [3.05, 3.63) is 35.9 Å². The molecule has 0 amide bonds. The molecule has 5 heteroatoms. The molecule has 0 radical (unpaired) electrons. The average Bonchev–Trinajstić information content (AvgIpc) is 2.63. The van der Waals surface area contributed by atoms with Gasteiger partial charge in [0.2, 0.25) is 0 Å². The van der Waals surface area contributed by atoms with Crippen LogP contribution in [0.25, 0.3) is 0 Å². The van der Waals surface area contributed by atoms with Crippen LogP contribution in [0.2, 0.25) is 0 Å². The summed E-state index contributed by atoms with van der Waals surface area (Å²) in [6.07, 6.45) is 2.95. The van der Waals surface area contributed by atoms with Gasteiger partial charge in [-0.3, -0.25) is 0 Å². The van der Waals surface area contributed by atoms with Gasteiger partial charge in [0.25, 0.3) is 0 Å². The highest BCUT2D eigenvalue weighted by Gasteiger charge is 2.19. The molecule has 2 unspecified atom stereocenters. The average molecular weight is 336 g/mol. The van der Waals surface area contributed by atoms with Crippen LogP contribution in [-0.4, -0.2) is 32.4 Å². The number of ether oxygens (including phenoxy) is 3. The summed E-state index contributed by atoms with van der Waals surface area (Å²) in [5, 5.41) is 0. The Morgan fingerprint density at radius 1 is 0.917 bits per heavy atom. The van der Waals surface area contributed by atoms with Gasteiger partial charge < -0.3 is 14.2 Å². The van der Waals surface area contributed by atoms with Gasteiger partial charge in [0.1, 0.15) is 0 Å². The van der Waals surface area contributed by atoms with Gasteiger partial charge in [-0.15, -0.1) is 0 Å². The van der Waals surface area contributed by atoms with Crippen molar-refractivity contribution in [1.29, 1.82) is 0 Å². The topological polar surface area (TPSA) is 61.8 Å². The normalized spacial score (nSPS) is 13.0. The summed E-state index contributed by atoms with van der Waals surface area (Å²) in [5.74, 6) is 0.572. The van der Waals surface area contributed by atoms with Crippen LogP contribution in [0.3, 0.4) is 0 Å². The Hall–Kier alpha value is -2.04. The van der Waals surface area contributed by atoms with Crippen molar-refractivity contribution >= 4 is 12.1 Å². The first-order chi connectivity index (χ1) is 11.6. The molecule has 1 aromatic rings. The lowest BCUT2D eigenvalue weighted by atomic mass is 9.83. The van der Waals surface area contributed by atoms with E-state index in [1.165, 1.54) is 7.11 Å². The molecule has 5 nitrogen and oxygen atoms in total. The minimum Gasteiger partial charge on any atom is -0.462 e. The lowest BCUT2D eigenvalue weighted by molar-refractivity contribution is 0.0442. The molecule has 0 spiro atoms. The molecule has 0 aromatic heterocycles. The number of benzene rings is 1. The van der Waals surface area contributed by atoms with E-state index in [0.29, 0.717) is 30.6 Å². The lowest BCUT2D eigenvalue weighted by Gasteiger charge is -2.25. The molecule has 24 heavy (non-hydrogen) atoms. The fourth-order valence-electron chi connectivity index (χ4n) is 2.86. The molecular weight excluding hydrogens is 308 g/mol. The maximum absolute atomic E-state index is 11.9. The maximum Gasteiger partial charge on any atom is 0.507 e. The van der Waals surface area contributed by atoms with Crippen molar-refractivity contribution in [3.63, 3.8) is 0 Å². The van der Waals surface area contributed by atoms with E-state index in [9.17, 15) is 9.59 Å². The molecule has 1 aromatic carbocycles. The maximum atomic E-state index is 11.9. The van der Waals surface area contributed by atoms with Crippen LogP contribution < -0.4 is 0 Å². The predicted octanol–water partition coefficient (Wildman–Crippen LogP) is 4.46. The molecular formula is C19H28O5. The first-order valence-corrected chi connectivity index (χ1v) is 8.55. The Labute approximate surface area is 144 Å². The van der Waals surface area contributed by atoms with Gasteiger partial charge in [-0.2, -0.15) is 0 Å². The van der Waals surface area contributed by atoms with E-state index >= 15 is 0 Å². The highest BCUT2D eigenvalue weighted by Crippen LogP contribution is 2.26. The first-order valence-electron chi connectivity index (χ1n) is 8.55. The van der Waals surface area contributed by atoms with Crippen LogP contribution in [0.1, 0.15) is 49.9 Å². The zero-order valence-corrected chi connectivity index (χ0v) is 14.8. The molecule has 2 atom stereocenters. The Kier molecular flexibility index (Phi) is 9.58. The summed E-state index contributed by atoms with van der Waals surface area (Å²) in [4.78, 5) is 22.9. The molecule has 0 heterocycles. The Morgan fingerprint density at radius 3 is 1.96 bits per heavy atom. The van der Waals surface area contributed by atoms with Crippen molar-refractivity contribution in [2.24, 2.45) is 11.8 Å². The predicted molar refractivity (Wildman–Crippen MR) is 91.9 cm³/mol. The first kappa shape index (κ1) is 20.0. The number of hydrogen-bond acceptors (Lipinski definition) is 5. The quantitative estimate of drug-likeness (QED) is 0.590. The van der Waals surface area contributed by atoms with Crippen molar-refractivity contribution in [2.45, 2.75) is 39.5 Å². The highest BCUT2D eigenvalue weighted by atomic mass is 16.7. The zero-order valence-electron chi connectivity index (χ0n) is 14.8. The van der Waals surface area contributed by atoms with E-state index < -0.39 is 6.16 Å². The molecule has 0 fully saturated rings. The molecule has 0 N–H and O–H groups in total. The molecule has 0 aliphatic heterocycles. The highest BCUT2D eigenvalue weighted by molar-refractivity contribution is 5.89. The van der Waals surface area contributed by atoms with Gasteiger partial charge >= 0.3 is 12.1 Å². The number of methoxy groups -OCH3 is 1. The SMILES string of the molecule is CCC(CCOC(=O)OC)C(CC)CCOC(=O)c1ccccc1.